The molecule has 1 atom stereocenters. The number of para-hydroxylation sites is 2. The number of benzene rings is 1. The molecule has 5 nitrogen and oxygen atoms in total. The predicted octanol–water partition coefficient (Wildman–Crippen LogP) is 4.43. The highest BCUT2D eigenvalue weighted by molar-refractivity contribution is 7.14. The van der Waals surface area contributed by atoms with Gasteiger partial charge in [-0.25, -0.2) is 4.98 Å². The van der Waals surface area contributed by atoms with Crippen LogP contribution in [0.1, 0.15) is 47.3 Å². The predicted molar refractivity (Wildman–Crippen MR) is 107 cm³/mol. The Morgan fingerprint density at radius 2 is 2.08 bits per heavy atom. The second kappa shape index (κ2) is 6.85. The molecule has 1 aromatic carbocycles. The number of anilines is 1. The molecule has 26 heavy (non-hydrogen) atoms. The van der Waals surface area contributed by atoms with Crippen LogP contribution in [0.2, 0.25) is 0 Å². The molecule has 1 aliphatic rings. The Labute approximate surface area is 157 Å². The van der Waals surface area contributed by atoms with Crippen LogP contribution < -0.4 is 5.32 Å². The summed E-state index contributed by atoms with van der Waals surface area (Å²) < 4.78 is 1.92. The number of carbonyl (C=O) groups is 1. The van der Waals surface area contributed by atoms with Crippen LogP contribution in [0.4, 0.5) is 5.95 Å². The summed E-state index contributed by atoms with van der Waals surface area (Å²) in [6.45, 7) is 5.62. The molecule has 0 radical (unpaired) electrons. The fraction of sp³-hybridized carbons (Fsp3) is 0.400. The number of likely N-dealkylation sites (tertiary alicyclic amines) is 1. The topological polar surface area (TPSA) is 50.2 Å². The lowest BCUT2D eigenvalue weighted by Gasteiger charge is -2.27. The lowest BCUT2D eigenvalue weighted by Crippen LogP contribution is -2.29. The number of amides is 1. The second-order valence-corrected chi connectivity index (χ2v) is 8.24. The molecule has 136 valence electrons. The zero-order valence-corrected chi connectivity index (χ0v) is 16.2. The highest BCUT2D eigenvalue weighted by Crippen LogP contribution is 2.37. The van der Waals surface area contributed by atoms with Crippen molar-refractivity contribution >= 4 is 34.2 Å². The Kier molecular flexibility index (Phi) is 4.54. The lowest BCUT2D eigenvalue weighted by molar-refractivity contribution is 0.102. The van der Waals surface area contributed by atoms with Crippen molar-refractivity contribution in [2.45, 2.75) is 38.8 Å². The molecule has 0 saturated carbocycles. The number of rotatable bonds is 4. The van der Waals surface area contributed by atoms with Crippen molar-refractivity contribution in [1.82, 2.24) is 14.5 Å². The van der Waals surface area contributed by atoms with Crippen molar-refractivity contribution in [1.29, 1.82) is 0 Å². The van der Waals surface area contributed by atoms with Crippen molar-refractivity contribution < 1.29 is 4.79 Å². The van der Waals surface area contributed by atoms with E-state index < -0.39 is 0 Å². The number of thiophene rings is 1. The van der Waals surface area contributed by atoms with Gasteiger partial charge in [-0.1, -0.05) is 12.1 Å². The van der Waals surface area contributed by atoms with Crippen LogP contribution >= 0.6 is 11.3 Å². The first-order valence-electron chi connectivity index (χ1n) is 9.13. The second-order valence-electron chi connectivity index (χ2n) is 7.13. The van der Waals surface area contributed by atoms with Gasteiger partial charge in [-0.15, -0.1) is 11.3 Å². The number of imidazole rings is 1. The summed E-state index contributed by atoms with van der Waals surface area (Å²) in [5.41, 5.74) is 1.89. The van der Waals surface area contributed by atoms with E-state index in [9.17, 15) is 4.79 Å². The molecule has 1 unspecified atom stereocenters. The van der Waals surface area contributed by atoms with Gasteiger partial charge in [0.25, 0.3) is 5.91 Å². The molecular formula is C20H24N4OS. The number of aryl methyl sites for hydroxylation is 1. The van der Waals surface area contributed by atoms with Gasteiger partial charge in [-0.05, 0) is 57.5 Å². The summed E-state index contributed by atoms with van der Waals surface area (Å²) in [7, 11) is 1.92. The number of hydrogen-bond acceptors (Lipinski definition) is 4. The summed E-state index contributed by atoms with van der Waals surface area (Å²) in [4.78, 5) is 21.8. The Hall–Kier alpha value is -2.18. The molecule has 1 aliphatic heterocycles. The van der Waals surface area contributed by atoms with Crippen molar-refractivity contribution in [2.75, 3.05) is 11.9 Å². The minimum Gasteiger partial charge on any atom is -0.313 e. The molecule has 0 spiro atoms. The number of fused-ring (bicyclic) bond motifs is 1. The van der Waals surface area contributed by atoms with Crippen molar-refractivity contribution in [2.24, 2.45) is 7.05 Å². The van der Waals surface area contributed by atoms with Gasteiger partial charge >= 0.3 is 0 Å². The standard InChI is InChI=1S/C20H24N4OS/c1-13(2)24-12-6-9-16(24)17-10-11-18(26-17)19(25)22-20-21-14-7-4-5-8-15(14)23(20)3/h4-5,7-8,10-11,13,16H,6,9,12H2,1-3H3,(H,21,22,25). The van der Waals surface area contributed by atoms with Crippen LogP contribution in [0.25, 0.3) is 11.0 Å². The monoisotopic (exact) mass is 368 g/mol. The third kappa shape index (κ3) is 3.04. The summed E-state index contributed by atoms with van der Waals surface area (Å²) >= 11 is 1.60. The number of aromatic nitrogens is 2. The van der Waals surface area contributed by atoms with E-state index in [0.717, 1.165) is 22.5 Å². The van der Waals surface area contributed by atoms with Crippen molar-refractivity contribution in [3.05, 3.63) is 46.2 Å². The largest absolute Gasteiger partial charge is 0.313 e. The van der Waals surface area contributed by atoms with Crippen molar-refractivity contribution in [3.8, 4) is 0 Å². The quantitative estimate of drug-likeness (QED) is 0.741. The van der Waals surface area contributed by atoms with E-state index in [1.807, 2.05) is 41.9 Å². The third-order valence-corrected chi connectivity index (χ3v) is 6.33. The van der Waals surface area contributed by atoms with E-state index in [0.29, 0.717) is 18.0 Å². The van der Waals surface area contributed by atoms with Gasteiger partial charge < -0.3 is 4.57 Å². The molecule has 4 rings (SSSR count). The maximum absolute atomic E-state index is 12.7. The number of nitrogens with one attached hydrogen (secondary N) is 1. The van der Waals surface area contributed by atoms with Crippen LogP contribution in [0.5, 0.6) is 0 Å². The zero-order valence-electron chi connectivity index (χ0n) is 15.4. The lowest BCUT2D eigenvalue weighted by atomic mass is 10.1. The molecule has 1 saturated heterocycles. The first-order valence-corrected chi connectivity index (χ1v) is 9.94. The molecule has 0 aliphatic carbocycles. The van der Waals surface area contributed by atoms with Crippen LogP contribution in [0.15, 0.2) is 36.4 Å². The number of nitrogens with zero attached hydrogens (tertiary/aromatic N) is 3. The van der Waals surface area contributed by atoms with E-state index in [4.69, 9.17) is 0 Å². The SMILES string of the molecule is CC(C)N1CCCC1c1ccc(C(=O)Nc2nc3ccccc3n2C)s1. The van der Waals surface area contributed by atoms with Gasteiger partial charge in [0.2, 0.25) is 5.95 Å². The molecule has 1 fully saturated rings. The Bertz CT molecular complexity index is 942. The average Bonchev–Trinajstić information content (AvgIpc) is 3.34. The van der Waals surface area contributed by atoms with Gasteiger partial charge in [0.05, 0.1) is 15.9 Å². The minimum atomic E-state index is -0.0891. The minimum absolute atomic E-state index is 0.0891. The highest BCUT2D eigenvalue weighted by Gasteiger charge is 2.29. The van der Waals surface area contributed by atoms with Gasteiger partial charge in [0.1, 0.15) is 0 Å². The van der Waals surface area contributed by atoms with E-state index in [2.05, 4.69) is 35.1 Å². The summed E-state index contributed by atoms with van der Waals surface area (Å²) in [6.07, 6.45) is 2.40. The molecule has 3 aromatic rings. The molecular weight excluding hydrogens is 344 g/mol. The van der Waals surface area contributed by atoms with E-state index >= 15 is 0 Å². The molecule has 2 aromatic heterocycles. The molecule has 0 bridgehead atoms. The van der Waals surface area contributed by atoms with Crippen LogP contribution in [-0.2, 0) is 7.05 Å². The molecule has 3 heterocycles. The Morgan fingerprint density at radius 1 is 1.27 bits per heavy atom. The van der Waals surface area contributed by atoms with Crippen LogP contribution in [-0.4, -0.2) is 32.9 Å². The molecule has 6 heteroatoms. The van der Waals surface area contributed by atoms with Gasteiger partial charge in [0.15, 0.2) is 0 Å². The number of carbonyl (C=O) groups excluding carboxylic acids is 1. The van der Waals surface area contributed by atoms with E-state index in [1.165, 1.54) is 17.7 Å². The molecule has 1 N–H and O–H groups in total. The summed E-state index contributed by atoms with van der Waals surface area (Å²) in [5.74, 6) is 0.490. The van der Waals surface area contributed by atoms with E-state index in [1.54, 1.807) is 11.3 Å². The zero-order chi connectivity index (χ0) is 18.3. The fourth-order valence-electron chi connectivity index (χ4n) is 3.79. The summed E-state index contributed by atoms with van der Waals surface area (Å²) in [5, 5.41) is 2.96. The molecule has 1 amide bonds. The Balaban J connectivity index is 1.54. The smallest absolute Gasteiger partial charge is 0.268 e. The summed E-state index contributed by atoms with van der Waals surface area (Å²) in [6, 6.07) is 12.9. The fourth-order valence-corrected chi connectivity index (χ4v) is 4.85. The highest BCUT2D eigenvalue weighted by atomic mass is 32.1. The number of hydrogen-bond donors (Lipinski definition) is 1. The maximum Gasteiger partial charge on any atom is 0.268 e. The first-order chi connectivity index (χ1) is 12.5. The van der Waals surface area contributed by atoms with E-state index in [-0.39, 0.29) is 5.91 Å². The maximum atomic E-state index is 12.7. The normalized spacial score (nSPS) is 18.1. The van der Waals surface area contributed by atoms with Gasteiger partial charge in [-0.2, -0.15) is 0 Å². The van der Waals surface area contributed by atoms with Gasteiger partial charge in [0, 0.05) is 24.0 Å². The third-order valence-electron chi connectivity index (χ3n) is 5.15. The van der Waals surface area contributed by atoms with Gasteiger partial charge in [-0.3, -0.25) is 15.0 Å². The average molecular weight is 369 g/mol. The van der Waals surface area contributed by atoms with Crippen LogP contribution in [0.3, 0.4) is 0 Å². The van der Waals surface area contributed by atoms with Crippen molar-refractivity contribution in [3.63, 3.8) is 0 Å². The Morgan fingerprint density at radius 3 is 2.85 bits per heavy atom. The first kappa shape index (κ1) is 17.2. The van der Waals surface area contributed by atoms with Crippen LogP contribution in [0, 0.1) is 0 Å².